The summed E-state index contributed by atoms with van der Waals surface area (Å²) in [5.74, 6) is 0.564. The van der Waals surface area contributed by atoms with E-state index in [1.165, 1.54) is 4.88 Å². The zero-order valence-corrected chi connectivity index (χ0v) is 16.3. The van der Waals surface area contributed by atoms with Crippen LogP contribution in [0.3, 0.4) is 0 Å². The summed E-state index contributed by atoms with van der Waals surface area (Å²) >= 11 is 1.66. The molecule has 1 saturated heterocycles. The maximum atomic E-state index is 11.9. The number of carbonyl (C=O) groups is 2. The van der Waals surface area contributed by atoms with E-state index < -0.39 is 11.9 Å². The number of carbonyl (C=O) groups excluding carboxylic acids is 2. The normalized spacial score (nSPS) is 18.7. The first-order valence-corrected chi connectivity index (χ1v) is 10.1. The van der Waals surface area contributed by atoms with E-state index in [0.717, 1.165) is 12.8 Å². The van der Waals surface area contributed by atoms with E-state index in [1.54, 1.807) is 28.1 Å². The maximum absolute atomic E-state index is 11.9. The Bertz CT molecular complexity index is 1130. The first kappa shape index (κ1) is 17.6. The third kappa shape index (κ3) is 3.51. The molecule has 1 aliphatic heterocycles. The molecule has 2 fully saturated rings. The number of anilines is 2. The Morgan fingerprint density at radius 2 is 2.17 bits per heavy atom. The van der Waals surface area contributed by atoms with Crippen LogP contribution in [0.5, 0.6) is 0 Å². The molecule has 0 radical (unpaired) electrons. The van der Waals surface area contributed by atoms with Gasteiger partial charge in [-0.05, 0) is 37.3 Å². The van der Waals surface area contributed by atoms with Gasteiger partial charge in [-0.3, -0.25) is 10.1 Å². The molecular formula is C18H18N8O2S. The Hall–Kier alpha value is -3.47. The molecule has 0 spiro atoms. The van der Waals surface area contributed by atoms with Crippen molar-refractivity contribution >= 4 is 46.9 Å². The molecule has 1 atom stereocenters. The van der Waals surface area contributed by atoms with Crippen LogP contribution in [0.25, 0.3) is 11.7 Å². The van der Waals surface area contributed by atoms with Crippen LogP contribution < -0.4 is 21.3 Å². The van der Waals surface area contributed by atoms with Gasteiger partial charge in [0.15, 0.2) is 5.65 Å². The lowest BCUT2D eigenvalue weighted by atomic mass is 10.2. The Labute approximate surface area is 169 Å². The number of imide groups is 1. The van der Waals surface area contributed by atoms with Crippen LogP contribution >= 0.6 is 11.3 Å². The van der Waals surface area contributed by atoms with Gasteiger partial charge in [-0.2, -0.15) is 19.6 Å². The van der Waals surface area contributed by atoms with Crippen LogP contribution in [0.1, 0.15) is 36.2 Å². The lowest BCUT2D eigenvalue weighted by molar-refractivity contribution is -0.115. The smallest absolute Gasteiger partial charge is 0.326 e. The SMILES string of the molecule is CC(Nc1nc(NC2CC2)n2ncc(/C=C3\NC(=O)NC3=O)c2n1)c1cccs1. The number of urea groups is 1. The summed E-state index contributed by atoms with van der Waals surface area (Å²) in [5, 5.41) is 17.8. The number of thiophene rings is 1. The van der Waals surface area contributed by atoms with Crippen molar-refractivity contribution < 1.29 is 9.59 Å². The standard InChI is InChI=1S/C18H18N8O2S/c1-9(13-3-2-6-29-13)20-16-23-14-10(7-12-15(27)24-18(28)22-12)8-19-26(14)17(25-16)21-11-4-5-11/h2-3,6-9,11H,4-5H2,1H3,(H2,20,21,23,25)(H2,22,24,27,28)/b12-7-. The molecule has 29 heavy (non-hydrogen) atoms. The highest BCUT2D eigenvalue weighted by Gasteiger charge is 2.26. The van der Waals surface area contributed by atoms with Crippen molar-refractivity contribution in [2.45, 2.75) is 31.8 Å². The minimum Gasteiger partial charge on any atom is -0.351 e. The molecule has 4 N–H and O–H groups in total. The van der Waals surface area contributed by atoms with Crippen LogP contribution in [-0.2, 0) is 4.79 Å². The topological polar surface area (TPSA) is 125 Å². The first-order valence-electron chi connectivity index (χ1n) is 9.23. The van der Waals surface area contributed by atoms with Crippen molar-refractivity contribution in [2.24, 2.45) is 0 Å². The predicted octanol–water partition coefficient (Wildman–Crippen LogP) is 2.11. The molecule has 11 heteroatoms. The van der Waals surface area contributed by atoms with Crippen molar-refractivity contribution in [3.05, 3.63) is 39.8 Å². The Morgan fingerprint density at radius 3 is 2.86 bits per heavy atom. The minimum atomic E-state index is -0.546. The number of amides is 3. The molecule has 3 aromatic heterocycles. The molecule has 10 nitrogen and oxygen atoms in total. The molecule has 4 heterocycles. The molecule has 0 bridgehead atoms. The van der Waals surface area contributed by atoms with Gasteiger partial charge in [0, 0.05) is 16.5 Å². The van der Waals surface area contributed by atoms with Crippen molar-refractivity contribution in [3.63, 3.8) is 0 Å². The summed E-state index contributed by atoms with van der Waals surface area (Å²) in [7, 11) is 0. The minimum absolute atomic E-state index is 0.0378. The number of nitrogens with one attached hydrogen (secondary N) is 4. The zero-order chi connectivity index (χ0) is 20.0. The van der Waals surface area contributed by atoms with Gasteiger partial charge >= 0.3 is 6.03 Å². The van der Waals surface area contributed by atoms with Gasteiger partial charge in [0.1, 0.15) is 5.70 Å². The Balaban J connectivity index is 1.54. The third-order valence-electron chi connectivity index (χ3n) is 4.64. The molecule has 3 amide bonds. The van der Waals surface area contributed by atoms with E-state index in [9.17, 15) is 9.59 Å². The molecule has 0 aromatic carbocycles. The van der Waals surface area contributed by atoms with Crippen LogP contribution in [0, 0.1) is 0 Å². The van der Waals surface area contributed by atoms with E-state index in [0.29, 0.717) is 29.1 Å². The predicted molar refractivity (Wildman–Crippen MR) is 108 cm³/mol. The monoisotopic (exact) mass is 410 g/mol. The molecule has 1 aliphatic carbocycles. The van der Waals surface area contributed by atoms with E-state index in [1.807, 2.05) is 18.4 Å². The Kier molecular flexibility index (Phi) is 4.16. The number of rotatable bonds is 6. The lowest BCUT2D eigenvalue weighted by Gasteiger charge is -2.14. The fraction of sp³-hybridized carbons (Fsp3) is 0.278. The summed E-state index contributed by atoms with van der Waals surface area (Å²) in [6.45, 7) is 2.05. The number of hydrogen-bond acceptors (Lipinski definition) is 8. The molecule has 148 valence electrons. The number of hydrogen-bond donors (Lipinski definition) is 4. The quantitative estimate of drug-likeness (QED) is 0.362. The van der Waals surface area contributed by atoms with Crippen molar-refractivity contribution in [1.82, 2.24) is 30.2 Å². The Morgan fingerprint density at radius 1 is 1.31 bits per heavy atom. The number of nitrogens with zero attached hydrogens (tertiary/aromatic N) is 4. The second kappa shape index (κ2) is 6.85. The van der Waals surface area contributed by atoms with Gasteiger partial charge in [0.05, 0.1) is 12.2 Å². The second-order valence-corrected chi connectivity index (χ2v) is 7.95. The van der Waals surface area contributed by atoms with Crippen molar-refractivity contribution in [3.8, 4) is 0 Å². The van der Waals surface area contributed by atoms with Gasteiger partial charge in [0.25, 0.3) is 5.91 Å². The first-order chi connectivity index (χ1) is 14.1. The average molecular weight is 410 g/mol. The fourth-order valence-electron chi connectivity index (χ4n) is 3.00. The van der Waals surface area contributed by atoms with Gasteiger partial charge in [-0.25, -0.2) is 4.79 Å². The molecule has 3 aromatic rings. The van der Waals surface area contributed by atoms with Crippen molar-refractivity contribution in [2.75, 3.05) is 10.6 Å². The van der Waals surface area contributed by atoms with Crippen LogP contribution in [0.4, 0.5) is 16.7 Å². The van der Waals surface area contributed by atoms with E-state index in [2.05, 4.69) is 42.4 Å². The highest BCUT2D eigenvalue weighted by Crippen LogP contribution is 2.27. The fourth-order valence-corrected chi connectivity index (χ4v) is 3.74. The summed E-state index contributed by atoms with van der Waals surface area (Å²) in [4.78, 5) is 33.6. The molecule has 2 aliphatic rings. The van der Waals surface area contributed by atoms with Gasteiger partial charge < -0.3 is 16.0 Å². The highest BCUT2D eigenvalue weighted by molar-refractivity contribution is 7.10. The summed E-state index contributed by atoms with van der Waals surface area (Å²) < 4.78 is 1.61. The summed E-state index contributed by atoms with van der Waals surface area (Å²) in [5.41, 5.74) is 1.29. The van der Waals surface area contributed by atoms with Crippen LogP contribution in [0.2, 0.25) is 0 Å². The average Bonchev–Trinajstić information content (AvgIpc) is 3.07. The number of fused-ring (bicyclic) bond motifs is 1. The van der Waals surface area contributed by atoms with Crippen LogP contribution in [-0.4, -0.2) is 37.6 Å². The van der Waals surface area contributed by atoms with Gasteiger partial charge in [-0.15, -0.1) is 11.3 Å². The van der Waals surface area contributed by atoms with Gasteiger partial charge in [0.2, 0.25) is 11.9 Å². The molecule has 1 unspecified atom stereocenters. The van der Waals surface area contributed by atoms with Gasteiger partial charge in [-0.1, -0.05) is 6.07 Å². The second-order valence-electron chi connectivity index (χ2n) is 6.97. The van der Waals surface area contributed by atoms with Crippen LogP contribution in [0.15, 0.2) is 29.4 Å². The highest BCUT2D eigenvalue weighted by atomic mass is 32.1. The third-order valence-corrected chi connectivity index (χ3v) is 5.70. The zero-order valence-electron chi connectivity index (χ0n) is 15.5. The lowest BCUT2D eigenvalue weighted by Crippen LogP contribution is -2.22. The maximum Gasteiger partial charge on any atom is 0.326 e. The summed E-state index contributed by atoms with van der Waals surface area (Å²) in [6, 6.07) is 3.93. The van der Waals surface area contributed by atoms with E-state index >= 15 is 0 Å². The number of aromatic nitrogens is 4. The van der Waals surface area contributed by atoms with Crippen molar-refractivity contribution in [1.29, 1.82) is 0 Å². The summed E-state index contributed by atoms with van der Waals surface area (Å²) in [6.07, 6.45) is 5.33. The molecule has 5 rings (SSSR count). The van der Waals surface area contributed by atoms with E-state index in [-0.39, 0.29) is 11.7 Å². The largest absolute Gasteiger partial charge is 0.351 e. The van der Waals surface area contributed by atoms with E-state index in [4.69, 9.17) is 0 Å². The molecular weight excluding hydrogens is 392 g/mol. The molecule has 1 saturated carbocycles.